The first-order valence-electron chi connectivity index (χ1n) is 9.50. The number of hydrogen-bond acceptors (Lipinski definition) is 12. The molecule has 3 aliphatic heterocycles. The minimum absolute atomic E-state index is 0.254. The zero-order chi connectivity index (χ0) is 25.8. The van der Waals surface area contributed by atoms with Gasteiger partial charge in [-0.2, -0.15) is 17.5 Å². The summed E-state index contributed by atoms with van der Waals surface area (Å²) in [5.41, 5.74) is -2.47. The second-order valence-corrected chi connectivity index (χ2v) is 10.3. The number of hydrogen-bond donors (Lipinski definition) is 4. The van der Waals surface area contributed by atoms with E-state index in [4.69, 9.17) is 9.47 Å². The van der Waals surface area contributed by atoms with Gasteiger partial charge in [-0.25, -0.2) is 19.1 Å². The molecule has 2 unspecified atom stereocenters. The monoisotopic (exact) mass is 552 g/mol. The molecule has 2 aromatic rings. The maximum Gasteiger partial charge on any atom is 0.481 e. The van der Waals surface area contributed by atoms with Crippen LogP contribution in [0, 0.1) is 0 Å². The molecule has 0 amide bonds. The SMILES string of the molecule is O=c1c2nc(C(F)(F)F)n3c2ncn1COCCOP(=O)(O)OP(=O)(O)OC[C@H]1O[C@@H]3[C@H](O)[C@@H]1O. The number of aliphatic hydroxyl groups excluding tert-OH is 2. The minimum atomic E-state index is -5.32. The molecule has 0 saturated carbocycles. The highest BCUT2D eigenvalue weighted by Crippen LogP contribution is 2.60. The van der Waals surface area contributed by atoms with Crippen LogP contribution >= 0.6 is 15.6 Å². The molecular weight excluding hydrogens is 535 g/mol. The van der Waals surface area contributed by atoms with E-state index in [9.17, 15) is 47.1 Å². The smallest absolute Gasteiger partial charge is 0.387 e. The van der Waals surface area contributed by atoms with Gasteiger partial charge in [0, 0.05) is 0 Å². The molecule has 3 aliphatic rings. The van der Waals surface area contributed by atoms with Crippen molar-refractivity contribution in [3.63, 3.8) is 0 Å². The van der Waals surface area contributed by atoms with Gasteiger partial charge < -0.3 is 29.5 Å². The molecule has 4 N–H and O–H groups in total. The lowest BCUT2D eigenvalue weighted by atomic mass is 10.1. The Labute approximate surface area is 191 Å². The number of halogens is 3. The third-order valence-electron chi connectivity index (χ3n) is 4.83. The summed E-state index contributed by atoms with van der Waals surface area (Å²) in [5.74, 6) is -1.68. The molecular formula is C14H17F3N4O12P2. The molecule has 1 saturated heterocycles. The first-order valence-corrected chi connectivity index (χ1v) is 12.5. The highest BCUT2D eigenvalue weighted by atomic mass is 31.3. The number of alkyl halides is 3. The first kappa shape index (κ1) is 26.3. The van der Waals surface area contributed by atoms with E-state index in [1.807, 2.05) is 0 Å². The van der Waals surface area contributed by atoms with Crippen LogP contribution in [-0.2, 0) is 44.9 Å². The lowest BCUT2D eigenvalue weighted by Gasteiger charge is -2.20. The molecule has 0 aromatic carbocycles. The van der Waals surface area contributed by atoms with Crippen LogP contribution in [0.15, 0.2) is 11.1 Å². The Morgan fingerprint density at radius 1 is 1.09 bits per heavy atom. The van der Waals surface area contributed by atoms with Gasteiger partial charge in [0.2, 0.25) is 5.82 Å². The zero-order valence-corrected chi connectivity index (χ0v) is 18.9. The van der Waals surface area contributed by atoms with Gasteiger partial charge in [-0.1, -0.05) is 0 Å². The quantitative estimate of drug-likeness (QED) is 0.303. The zero-order valence-electron chi connectivity index (χ0n) is 17.1. The van der Waals surface area contributed by atoms with Crippen LogP contribution in [0.5, 0.6) is 0 Å². The lowest BCUT2D eigenvalue weighted by molar-refractivity contribution is -0.154. The number of aliphatic hydroxyl groups is 2. The predicted octanol–water partition coefficient (Wildman–Crippen LogP) is -0.531. The van der Waals surface area contributed by atoms with Gasteiger partial charge in [0.1, 0.15) is 31.4 Å². The molecule has 21 heteroatoms. The molecule has 35 heavy (non-hydrogen) atoms. The lowest BCUT2D eigenvalue weighted by Crippen LogP contribution is -2.34. The highest BCUT2D eigenvalue weighted by molar-refractivity contribution is 7.61. The second kappa shape index (κ2) is 9.28. The standard InChI is InChI=1S/C14H17F3N4O12P2/c15-14(16,17)13-19-7-10-18-4-20(11(7)24)5-29-1-2-30-34(25,26)33-35(27,28)31-3-6-8(22)9(23)12(32-6)21(10)13/h4,6,8-9,12,22-23H,1-3,5H2,(H,25,26)(H,27,28)/t6-,8-,9-,12-/m1/s1. The van der Waals surface area contributed by atoms with E-state index in [-0.39, 0.29) is 4.57 Å². The topological polar surface area (TPSA) is 214 Å². The number of imidazole rings is 1. The van der Waals surface area contributed by atoms with E-state index in [0.717, 1.165) is 10.9 Å². The van der Waals surface area contributed by atoms with Crippen molar-refractivity contribution in [1.29, 1.82) is 0 Å². The van der Waals surface area contributed by atoms with Crippen molar-refractivity contribution in [2.75, 3.05) is 19.8 Å². The van der Waals surface area contributed by atoms with E-state index < -0.39 is 95.5 Å². The molecule has 1 fully saturated rings. The summed E-state index contributed by atoms with van der Waals surface area (Å²) in [4.78, 5) is 39.0. The van der Waals surface area contributed by atoms with E-state index in [0.29, 0.717) is 0 Å². The second-order valence-electron chi connectivity index (χ2n) is 7.23. The van der Waals surface area contributed by atoms with Crippen LogP contribution in [0.1, 0.15) is 12.1 Å². The van der Waals surface area contributed by atoms with Crippen molar-refractivity contribution in [1.82, 2.24) is 19.1 Å². The van der Waals surface area contributed by atoms with Crippen LogP contribution in [0.4, 0.5) is 13.2 Å². The average molecular weight is 552 g/mol. The summed E-state index contributed by atoms with van der Waals surface area (Å²) in [7, 11) is -10.5. The van der Waals surface area contributed by atoms with Crippen LogP contribution < -0.4 is 5.56 Å². The molecule has 0 aliphatic carbocycles. The Hall–Kier alpha value is -1.76. The Kier molecular flexibility index (Phi) is 6.97. The van der Waals surface area contributed by atoms with Crippen molar-refractivity contribution in [3.8, 4) is 0 Å². The number of phosphoric acid groups is 2. The summed E-state index contributed by atoms with van der Waals surface area (Å²) in [5, 5.41) is 20.6. The molecule has 0 spiro atoms. The molecule has 6 bridgehead atoms. The van der Waals surface area contributed by atoms with Crippen molar-refractivity contribution >= 4 is 26.8 Å². The fourth-order valence-corrected chi connectivity index (χ4v) is 5.40. The molecule has 16 nitrogen and oxygen atoms in total. The average Bonchev–Trinajstić information content (AvgIpc) is 3.25. The molecule has 6 atom stereocenters. The first-order chi connectivity index (χ1) is 16.2. The van der Waals surface area contributed by atoms with E-state index in [1.54, 1.807) is 0 Å². The number of phosphoric ester groups is 2. The van der Waals surface area contributed by atoms with Crippen LogP contribution in [0.2, 0.25) is 0 Å². The normalized spacial score (nSPS) is 35.4. The Bertz CT molecular complexity index is 1270. The number of rotatable bonds is 0. The van der Waals surface area contributed by atoms with Crippen molar-refractivity contribution in [2.24, 2.45) is 0 Å². The van der Waals surface area contributed by atoms with Gasteiger partial charge in [0.05, 0.1) is 19.8 Å². The Balaban J connectivity index is 1.80. The molecule has 5 heterocycles. The maximum atomic E-state index is 13.8. The number of ether oxygens (including phenoxy) is 2. The summed E-state index contributed by atoms with van der Waals surface area (Å²) in [6, 6.07) is 0. The van der Waals surface area contributed by atoms with E-state index in [1.165, 1.54) is 0 Å². The number of aromatic nitrogens is 4. The molecule has 5 rings (SSSR count). The van der Waals surface area contributed by atoms with Crippen molar-refractivity contribution in [2.45, 2.75) is 37.4 Å². The van der Waals surface area contributed by atoms with Gasteiger partial charge in [0.25, 0.3) is 5.56 Å². The van der Waals surface area contributed by atoms with Gasteiger partial charge in [-0.3, -0.25) is 23.0 Å². The molecule has 0 radical (unpaired) electrons. The highest BCUT2D eigenvalue weighted by Gasteiger charge is 2.50. The summed E-state index contributed by atoms with van der Waals surface area (Å²) in [6.45, 7) is -2.82. The number of fused-ring (bicyclic) bond motifs is 10. The molecule has 2 aromatic heterocycles. The number of nitrogens with zero attached hydrogens (tertiary/aromatic N) is 4. The van der Waals surface area contributed by atoms with Gasteiger partial charge in [0.15, 0.2) is 17.4 Å². The van der Waals surface area contributed by atoms with Gasteiger partial charge >= 0.3 is 21.8 Å². The fraction of sp³-hybridized carbons (Fsp3) is 0.643. The summed E-state index contributed by atoms with van der Waals surface area (Å²) in [6.07, 6.45) is -12.2. The minimum Gasteiger partial charge on any atom is -0.387 e. The van der Waals surface area contributed by atoms with Gasteiger partial charge in [-0.15, -0.1) is 0 Å². The van der Waals surface area contributed by atoms with Crippen molar-refractivity contribution in [3.05, 3.63) is 22.5 Å². The van der Waals surface area contributed by atoms with Crippen molar-refractivity contribution < 1.29 is 65.1 Å². The van der Waals surface area contributed by atoms with Crippen LogP contribution in [0.25, 0.3) is 11.2 Å². The third-order valence-corrected chi connectivity index (χ3v) is 7.47. The third kappa shape index (κ3) is 5.35. The maximum absolute atomic E-state index is 13.8. The molecule has 196 valence electrons. The van der Waals surface area contributed by atoms with Crippen LogP contribution in [-0.4, -0.2) is 77.2 Å². The van der Waals surface area contributed by atoms with Gasteiger partial charge in [-0.05, 0) is 0 Å². The Morgan fingerprint density at radius 3 is 2.46 bits per heavy atom. The largest absolute Gasteiger partial charge is 0.481 e. The fourth-order valence-electron chi connectivity index (χ4n) is 3.34. The Morgan fingerprint density at radius 2 is 1.77 bits per heavy atom. The predicted molar refractivity (Wildman–Crippen MR) is 101 cm³/mol. The van der Waals surface area contributed by atoms with E-state index >= 15 is 0 Å². The van der Waals surface area contributed by atoms with E-state index in [2.05, 4.69) is 23.3 Å². The summed E-state index contributed by atoms with van der Waals surface area (Å²) >= 11 is 0. The summed E-state index contributed by atoms with van der Waals surface area (Å²) < 4.78 is 89.4. The van der Waals surface area contributed by atoms with Crippen LogP contribution in [0.3, 0.4) is 0 Å².